The van der Waals surface area contributed by atoms with Crippen LogP contribution in [0.5, 0.6) is 0 Å². The number of aryl methyl sites for hydroxylation is 1. The molecule has 1 saturated heterocycles. The SMILES string of the molecule is Cc1cc(N2CCN(C(=O)OC(C)(C)C)CC2)cc(/C(N)=N/O)n1. The quantitative estimate of drug-likeness (QED) is 0.368. The molecule has 8 heteroatoms. The predicted molar refractivity (Wildman–Crippen MR) is 91.5 cm³/mol. The Hall–Kier alpha value is -2.51. The summed E-state index contributed by atoms with van der Waals surface area (Å²) >= 11 is 0. The van der Waals surface area contributed by atoms with Crippen LogP contribution < -0.4 is 10.6 Å². The van der Waals surface area contributed by atoms with Crippen molar-refractivity contribution >= 4 is 17.6 Å². The molecule has 0 unspecified atom stereocenters. The van der Waals surface area contributed by atoms with Crippen molar-refractivity contribution in [3.05, 3.63) is 23.5 Å². The van der Waals surface area contributed by atoms with E-state index in [0.29, 0.717) is 31.9 Å². The van der Waals surface area contributed by atoms with Gasteiger partial charge in [0.05, 0.1) is 0 Å². The molecule has 0 atom stereocenters. The molecule has 0 spiro atoms. The molecule has 132 valence electrons. The maximum absolute atomic E-state index is 12.1. The molecule has 1 aromatic rings. The summed E-state index contributed by atoms with van der Waals surface area (Å²) in [4.78, 5) is 20.2. The second-order valence-corrected chi connectivity index (χ2v) is 6.79. The number of amidine groups is 1. The van der Waals surface area contributed by atoms with Gasteiger partial charge in [0.1, 0.15) is 11.3 Å². The van der Waals surface area contributed by atoms with Crippen molar-refractivity contribution in [2.24, 2.45) is 10.9 Å². The molecule has 8 nitrogen and oxygen atoms in total. The van der Waals surface area contributed by atoms with Crippen LogP contribution in [0.4, 0.5) is 10.5 Å². The average molecular weight is 335 g/mol. The summed E-state index contributed by atoms with van der Waals surface area (Å²) in [6.45, 7) is 9.94. The van der Waals surface area contributed by atoms with E-state index in [1.54, 1.807) is 11.0 Å². The van der Waals surface area contributed by atoms with Crippen molar-refractivity contribution in [3.8, 4) is 0 Å². The number of hydrogen-bond acceptors (Lipinski definition) is 6. The van der Waals surface area contributed by atoms with Gasteiger partial charge >= 0.3 is 6.09 Å². The third kappa shape index (κ3) is 4.50. The highest BCUT2D eigenvalue weighted by Crippen LogP contribution is 2.20. The first-order chi connectivity index (χ1) is 11.2. The third-order valence-electron chi connectivity index (χ3n) is 3.60. The highest BCUT2D eigenvalue weighted by atomic mass is 16.6. The topological polar surface area (TPSA) is 104 Å². The fourth-order valence-electron chi connectivity index (χ4n) is 2.49. The van der Waals surface area contributed by atoms with Gasteiger partial charge in [-0.25, -0.2) is 9.78 Å². The molecule has 3 N–H and O–H groups in total. The van der Waals surface area contributed by atoms with Crippen molar-refractivity contribution in [3.63, 3.8) is 0 Å². The van der Waals surface area contributed by atoms with Gasteiger partial charge in [-0.1, -0.05) is 5.16 Å². The molecule has 0 saturated carbocycles. The van der Waals surface area contributed by atoms with Crippen LogP contribution in [0.25, 0.3) is 0 Å². The second kappa shape index (κ2) is 6.94. The van der Waals surface area contributed by atoms with Gasteiger partial charge in [-0.15, -0.1) is 0 Å². The number of oxime groups is 1. The summed E-state index contributed by atoms with van der Waals surface area (Å²) in [6.07, 6.45) is -0.287. The van der Waals surface area contributed by atoms with Gasteiger partial charge < -0.3 is 25.5 Å². The Balaban J connectivity index is 2.05. The minimum atomic E-state index is -0.494. The van der Waals surface area contributed by atoms with E-state index >= 15 is 0 Å². The predicted octanol–water partition coefficient (Wildman–Crippen LogP) is 1.54. The van der Waals surface area contributed by atoms with E-state index in [-0.39, 0.29) is 11.9 Å². The van der Waals surface area contributed by atoms with Crippen LogP contribution in [0.2, 0.25) is 0 Å². The number of pyridine rings is 1. The minimum Gasteiger partial charge on any atom is -0.444 e. The van der Waals surface area contributed by atoms with Crippen LogP contribution in [-0.4, -0.2) is 58.8 Å². The lowest BCUT2D eigenvalue weighted by atomic mass is 10.2. The van der Waals surface area contributed by atoms with Crippen LogP contribution in [-0.2, 0) is 4.74 Å². The van der Waals surface area contributed by atoms with E-state index in [0.717, 1.165) is 11.4 Å². The number of carbonyl (C=O) groups excluding carboxylic acids is 1. The Kier molecular flexibility index (Phi) is 5.16. The lowest BCUT2D eigenvalue weighted by molar-refractivity contribution is 0.0240. The van der Waals surface area contributed by atoms with Crippen molar-refractivity contribution in [1.29, 1.82) is 0 Å². The van der Waals surface area contributed by atoms with Gasteiger partial charge in [-0.05, 0) is 39.8 Å². The number of hydrogen-bond donors (Lipinski definition) is 2. The van der Waals surface area contributed by atoms with Crippen LogP contribution in [0, 0.1) is 6.92 Å². The number of aromatic nitrogens is 1. The summed E-state index contributed by atoms with van der Waals surface area (Å²) in [5.41, 5.74) is 7.29. The maximum atomic E-state index is 12.1. The zero-order valence-corrected chi connectivity index (χ0v) is 14.6. The van der Waals surface area contributed by atoms with Crippen molar-refractivity contribution < 1.29 is 14.7 Å². The van der Waals surface area contributed by atoms with E-state index in [1.807, 2.05) is 33.8 Å². The standard InChI is InChI=1S/C16H25N5O3/c1-11-9-12(10-13(18-11)14(17)19-23)20-5-7-21(8-6-20)15(22)24-16(2,3)4/h9-10,23H,5-8H2,1-4H3,(H2,17,19). The van der Waals surface area contributed by atoms with Crippen LogP contribution in [0.15, 0.2) is 17.3 Å². The van der Waals surface area contributed by atoms with E-state index in [2.05, 4.69) is 15.0 Å². The van der Waals surface area contributed by atoms with E-state index in [1.165, 1.54) is 0 Å². The molecule has 0 bridgehead atoms. The third-order valence-corrected chi connectivity index (χ3v) is 3.60. The Morgan fingerprint density at radius 1 is 1.29 bits per heavy atom. The molecule has 1 aliphatic rings. The summed E-state index contributed by atoms with van der Waals surface area (Å²) in [7, 11) is 0. The van der Waals surface area contributed by atoms with Gasteiger partial charge in [-0.2, -0.15) is 0 Å². The van der Waals surface area contributed by atoms with E-state index in [4.69, 9.17) is 15.7 Å². The largest absolute Gasteiger partial charge is 0.444 e. The molecule has 1 fully saturated rings. The highest BCUT2D eigenvalue weighted by molar-refractivity contribution is 5.96. The molecule has 0 aromatic carbocycles. The highest BCUT2D eigenvalue weighted by Gasteiger charge is 2.26. The number of nitrogens with zero attached hydrogens (tertiary/aromatic N) is 4. The van der Waals surface area contributed by atoms with Crippen LogP contribution >= 0.6 is 0 Å². The number of anilines is 1. The first-order valence-electron chi connectivity index (χ1n) is 7.89. The van der Waals surface area contributed by atoms with Crippen LogP contribution in [0.1, 0.15) is 32.2 Å². The van der Waals surface area contributed by atoms with Gasteiger partial charge in [0, 0.05) is 37.6 Å². The number of ether oxygens (including phenoxy) is 1. The molecule has 1 aromatic heterocycles. The Morgan fingerprint density at radius 3 is 2.46 bits per heavy atom. The second-order valence-electron chi connectivity index (χ2n) is 6.79. The van der Waals surface area contributed by atoms with E-state index < -0.39 is 5.60 Å². The number of amides is 1. The summed E-state index contributed by atoms with van der Waals surface area (Å²) in [5, 5.41) is 11.8. The molecule has 2 heterocycles. The van der Waals surface area contributed by atoms with Gasteiger partial charge in [-0.3, -0.25) is 0 Å². The lowest BCUT2D eigenvalue weighted by Crippen LogP contribution is -2.50. The zero-order valence-electron chi connectivity index (χ0n) is 14.6. The molecule has 1 amide bonds. The van der Waals surface area contributed by atoms with Crippen molar-refractivity contribution in [2.45, 2.75) is 33.3 Å². The van der Waals surface area contributed by atoms with Gasteiger partial charge in [0.25, 0.3) is 0 Å². The van der Waals surface area contributed by atoms with Gasteiger partial charge in [0.2, 0.25) is 0 Å². The smallest absolute Gasteiger partial charge is 0.410 e. The zero-order chi connectivity index (χ0) is 17.9. The molecule has 0 aliphatic carbocycles. The Bertz CT molecular complexity index is 631. The lowest BCUT2D eigenvalue weighted by Gasteiger charge is -2.36. The molecular formula is C16H25N5O3. The molecule has 2 rings (SSSR count). The average Bonchev–Trinajstić information content (AvgIpc) is 2.52. The molecule has 24 heavy (non-hydrogen) atoms. The normalized spacial score (nSPS) is 16.2. The van der Waals surface area contributed by atoms with Crippen LogP contribution in [0.3, 0.4) is 0 Å². The number of piperazine rings is 1. The number of nitrogens with two attached hydrogens (primary N) is 1. The number of rotatable bonds is 2. The molecular weight excluding hydrogens is 310 g/mol. The van der Waals surface area contributed by atoms with Crippen molar-refractivity contribution in [1.82, 2.24) is 9.88 Å². The van der Waals surface area contributed by atoms with Crippen molar-refractivity contribution in [2.75, 3.05) is 31.1 Å². The fourth-order valence-corrected chi connectivity index (χ4v) is 2.49. The summed E-state index contributed by atoms with van der Waals surface area (Å²) in [6, 6.07) is 3.72. The van der Waals surface area contributed by atoms with Gasteiger partial charge in [0.15, 0.2) is 5.84 Å². The van der Waals surface area contributed by atoms with E-state index in [9.17, 15) is 4.79 Å². The molecule has 0 radical (unpaired) electrons. The Morgan fingerprint density at radius 2 is 1.92 bits per heavy atom. The summed E-state index contributed by atoms with van der Waals surface area (Å²) in [5.74, 6) is -0.0210. The fraction of sp³-hybridized carbons (Fsp3) is 0.562. The monoisotopic (exact) mass is 335 g/mol. The molecule has 1 aliphatic heterocycles. The first kappa shape index (κ1) is 17.8. The minimum absolute atomic E-state index is 0.0210. The maximum Gasteiger partial charge on any atom is 0.410 e. The summed E-state index contributed by atoms with van der Waals surface area (Å²) < 4.78 is 5.40. The Labute approximate surface area is 141 Å². The first-order valence-corrected chi connectivity index (χ1v) is 7.89. The number of carbonyl (C=O) groups is 1.